The lowest BCUT2D eigenvalue weighted by Gasteiger charge is -2.25. The predicted molar refractivity (Wildman–Crippen MR) is 122 cm³/mol. The van der Waals surface area contributed by atoms with Crippen molar-refractivity contribution in [2.24, 2.45) is 0 Å². The van der Waals surface area contributed by atoms with E-state index in [2.05, 4.69) is 46.4 Å². The summed E-state index contributed by atoms with van der Waals surface area (Å²) in [7, 11) is 0. The van der Waals surface area contributed by atoms with Crippen LogP contribution in [0.25, 0.3) is 0 Å². The fraction of sp³-hybridized carbons (Fsp3) is 0.500. The lowest BCUT2D eigenvalue weighted by Crippen LogP contribution is -2.41. The van der Waals surface area contributed by atoms with Crippen LogP contribution in [0.2, 0.25) is 0 Å². The number of anilines is 1. The number of hydrazine groups is 1. The van der Waals surface area contributed by atoms with Gasteiger partial charge in [-0.1, -0.05) is 30.4 Å². The van der Waals surface area contributed by atoms with Gasteiger partial charge in [-0.15, -0.1) is 0 Å². The Labute approximate surface area is 187 Å². The van der Waals surface area contributed by atoms with Crippen molar-refractivity contribution in [3.63, 3.8) is 0 Å². The van der Waals surface area contributed by atoms with Crippen LogP contribution in [-0.4, -0.2) is 60.6 Å². The lowest BCUT2D eigenvalue weighted by atomic mass is 10.1. The summed E-state index contributed by atoms with van der Waals surface area (Å²) in [5.41, 5.74) is 7.29. The van der Waals surface area contributed by atoms with Crippen molar-refractivity contribution >= 4 is 28.3 Å². The summed E-state index contributed by atoms with van der Waals surface area (Å²) in [6.07, 6.45) is 0. The summed E-state index contributed by atoms with van der Waals surface area (Å²) in [6, 6.07) is 7.91. The molecule has 0 aliphatic carbocycles. The zero-order valence-electron chi connectivity index (χ0n) is 18.6. The van der Waals surface area contributed by atoms with Crippen LogP contribution in [0.3, 0.4) is 0 Å². The van der Waals surface area contributed by atoms with E-state index in [1.165, 1.54) is 11.3 Å². The first-order valence-corrected chi connectivity index (χ1v) is 11.4. The molecule has 2 heterocycles. The Morgan fingerprint density at radius 1 is 1.16 bits per heavy atom. The molecule has 0 radical (unpaired) electrons. The van der Waals surface area contributed by atoms with Crippen molar-refractivity contribution in [2.75, 3.05) is 37.7 Å². The van der Waals surface area contributed by atoms with Crippen LogP contribution < -0.4 is 15.8 Å². The van der Waals surface area contributed by atoms with Crippen LogP contribution in [-0.2, 0) is 11.3 Å². The van der Waals surface area contributed by atoms with Crippen LogP contribution in [0.1, 0.15) is 52.1 Å². The van der Waals surface area contributed by atoms with Gasteiger partial charge in [0.2, 0.25) is 0 Å². The van der Waals surface area contributed by atoms with Crippen molar-refractivity contribution in [2.45, 2.75) is 40.3 Å². The molecule has 1 aromatic carbocycles. The number of morpholine rings is 1. The highest BCUT2D eigenvalue weighted by Gasteiger charge is 2.21. The molecule has 1 aliphatic rings. The average molecular weight is 446 g/mol. The van der Waals surface area contributed by atoms with Gasteiger partial charge in [0.15, 0.2) is 5.13 Å². The molecule has 1 saturated heterocycles. The number of nitrogens with one attached hydrogen (secondary N) is 2. The highest BCUT2D eigenvalue weighted by atomic mass is 32.1. The topological polar surface area (TPSA) is 86.8 Å². The predicted octanol–water partition coefficient (Wildman–Crippen LogP) is 2.59. The normalized spacial score (nSPS) is 14.2. The molecule has 2 N–H and O–H groups in total. The maximum atomic E-state index is 12.6. The first kappa shape index (κ1) is 23.2. The number of carbonyl (C=O) groups excluding carboxylic acids is 2. The molecular weight excluding hydrogens is 414 g/mol. The highest BCUT2D eigenvalue weighted by Crippen LogP contribution is 2.26. The summed E-state index contributed by atoms with van der Waals surface area (Å²) in [6.45, 7) is 12.9. The zero-order chi connectivity index (χ0) is 22.4. The van der Waals surface area contributed by atoms with Crippen LogP contribution in [0.5, 0.6) is 0 Å². The van der Waals surface area contributed by atoms with Crippen molar-refractivity contribution in [3.8, 4) is 0 Å². The number of ether oxygens (including phenoxy) is 1. The van der Waals surface area contributed by atoms with Crippen LogP contribution in [0, 0.1) is 6.92 Å². The summed E-state index contributed by atoms with van der Waals surface area (Å²) in [4.78, 5) is 34.5. The van der Waals surface area contributed by atoms with Gasteiger partial charge in [0.25, 0.3) is 11.8 Å². The van der Waals surface area contributed by atoms with Crippen molar-refractivity contribution < 1.29 is 14.3 Å². The third kappa shape index (κ3) is 6.03. The Balaban J connectivity index is 1.55. The third-order valence-corrected chi connectivity index (χ3v) is 6.52. The van der Waals surface area contributed by atoms with E-state index in [1.54, 1.807) is 19.1 Å². The number of rotatable bonds is 7. The fourth-order valence-electron chi connectivity index (χ4n) is 3.38. The molecule has 8 nitrogen and oxygen atoms in total. The molecule has 168 valence electrons. The Hall–Kier alpha value is -2.49. The van der Waals surface area contributed by atoms with Gasteiger partial charge in [0.05, 0.1) is 18.9 Å². The molecule has 0 bridgehead atoms. The van der Waals surface area contributed by atoms with Gasteiger partial charge in [-0.05, 0) is 45.0 Å². The van der Waals surface area contributed by atoms with E-state index in [1.807, 2.05) is 12.1 Å². The molecular formula is C22H31N5O3S. The minimum atomic E-state index is -0.366. The molecule has 31 heavy (non-hydrogen) atoms. The Kier molecular flexibility index (Phi) is 8.00. The van der Waals surface area contributed by atoms with Gasteiger partial charge in [-0.25, -0.2) is 4.98 Å². The number of hydrogen-bond donors (Lipinski definition) is 2. The van der Waals surface area contributed by atoms with Gasteiger partial charge in [-0.3, -0.25) is 25.3 Å². The van der Waals surface area contributed by atoms with E-state index in [0.717, 1.165) is 36.9 Å². The molecule has 9 heteroatoms. The number of carbonyl (C=O) groups is 2. The number of benzene rings is 1. The number of nitrogens with zero attached hydrogens (tertiary/aromatic N) is 3. The Morgan fingerprint density at radius 3 is 2.42 bits per heavy atom. The number of amides is 2. The SMILES string of the molecule is CCN(Cc1ccc(C(=O)NNC(=O)c2sc(N3CCOCC3)nc2C)cc1)C(C)C. The standard InChI is InChI=1S/C22H31N5O3S/c1-5-26(15(2)3)14-17-6-8-18(9-7-17)20(28)24-25-21(29)19-16(4)23-22(31-19)27-10-12-30-13-11-27/h6-9,15H,5,10-14H2,1-4H3,(H,24,28)(H,25,29). The highest BCUT2D eigenvalue weighted by molar-refractivity contribution is 7.17. The molecule has 0 atom stereocenters. The van der Waals surface area contributed by atoms with E-state index in [9.17, 15) is 9.59 Å². The minimum absolute atomic E-state index is 0.355. The maximum Gasteiger partial charge on any atom is 0.281 e. The Morgan fingerprint density at radius 2 is 1.81 bits per heavy atom. The fourth-order valence-corrected chi connectivity index (χ4v) is 4.39. The number of hydrogen-bond acceptors (Lipinski definition) is 7. The van der Waals surface area contributed by atoms with Gasteiger partial charge in [0.1, 0.15) is 4.88 Å². The van der Waals surface area contributed by atoms with Crippen LogP contribution in [0.15, 0.2) is 24.3 Å². The summed E-state index contributed by atoms with van der Waals surface area (Å²) in [5, 5.41) is 0.801. The molecule has 0 unspecified atom stereocenters. The quantitative estimate of drug-likeness (QED) is 0.637. The minimum Gasteiger partial charge on any atom is -0.378 e. The maximum absolute atomic E-state index is 12.6. The van der Waals surface area contributed by atoms with E-state index < -0.39 is 0 Å². The summed E-state index contributed by atoms with van der Waals surface area (Å²) >= 11 is 1.32. The third-order valence-electron chi connectivity index (χ3n) is 5.30. The summed E-state index contributed by atoms with van der Waals surface area (Å²) < 4.78 is 5.36. The largest absolute Gasteiger partial charge is 0.378 e. The van der Waals surface area contributed by atoms with Gasteiger partial charge >= 0.3 is 0 Å². The smallest absolute Gasteiger partial charge is 0.281 e. The second kappa shape index (κ2) is 10.7. The number of aryl methyl sites for hydroxylation is 1. The lowest BCUT2D eigenvalue weighted by molar-refractivity contribution is 0.0848. The van der Waals surface area contributed by atoms with Gasteiger partial charge in [-0.2, -0.15) is 0 Å². The molecule has 2 aromatic rings. The van der Waals surface area contributed by atoms with Gasteiger partial charge in [0, 0.05) is 31.2 Å². The van der Waals surface area contributed by atoms with Crippen molar-refractivity contribution in [1.29, 1.82) is 0 Å². The van der Waals surface area contributed by atoms with Gasteiger partial charge < -0.3 is 9.64 Å². The van der Waals surface area contributed by atoms with Crippen molar-refractivity contribution in [1.82, 2.24) is 20.7 Å². The molecule has 3 rings (SSSR count). The second-order valence-electron chi connectivity index (χ2n) is 7.77. The second-order valence-corrected chi connectivity index (χ2v) is 8.75. The van der Waals surface area contributed by atoms with Crippen LogP contribution in [0.4, 0.5) is 5.13 Å². The van der Waals surface area contributed by atoms with Crippen molar-refractivity contribution in [3.05, 3.63) is 46.0 Å². The Bertz CT molecular complexity index is 891. The summed E-state index contributed by atoms with van der Waals surface area (Å²) in [5.74, 6) is -0.721. The molecule has 0 spiro atoms. The van der Waals surface area contributed by atoms with Crippen LogP contribution >= 0.6 is 11.3 Å². The molecule has 0 saturated carbocycles. The monoisotopic (exact) mass is 445 g/mol. The van der Waals surface area contributed by atoms with E-state index >= 15 is 0 Å². The van der Waals surface area contributed by atoms with E-state index in [0.29, 0.717) is 35.4 Å². The molecule has 1 aromatic heterocycles. The average Bonchev–Trinajstić information content (AvgIpc) is 3.18. The molecule has 1 fully saturated rings. The number of aromatic nitrogens is 1. The first-order valence-electron chi connectivity index (χ1n) is 10.6. The molecule has 1 aliphatic heterocycles. The zero-order valence-corrected chi connectivity index (χ0v) is 19.4. The van der Waals surface area contributed by atoms with E-state index in [-0.39, 0.29) is 11.8 Å². The van der Waals surface area contributed by atoms with E-state index in [4.69, 9.17) is 4.74 Å². The number of thiazole rings is 1. The molecule has 2 amide bonds. The first-order chi connectivity index (χ1) is 14.9.